The summed E-state index contributed by atoms with van der Waals surface area (Å²) in [5, 5.41) is 0. The summed E-state index contributed by atoms with van der Waals surface area (Å²) in [6.07, 6.45) is 2.11. The highest BCUT2D eigenvalue weighted by Gasteiger charge is 2.15. The number of hydrogen-bond acceptors (Lipinski definition) is 1. The Morgan fingerprint density at radius 3 is 2.47 bits per heavy atom. The average Bonchev–Trinajstić information content (AvgIpc) is 2.40. The number of rotatable bonds is 2. The van der Waals surface area contributed by atoms with Crippen molar-refractivity contribution < 1.29 is 0 Å². The fourth-order valence-corrected chi connectivity index (χ4v) is 2.26. The molecule has 0 saturated carbocycles. The van der Waals surface area contributed by atoms with Crippen LogP contribution in [0.2, 0.25) is 0 Å². The van der Waals surface area contributed by atoms with E-state index in [1.54, 1.807) is 0 Å². The lowest BCUT2D eigenvalue weighted by molar-refractivity contribution is 0.247. The van der Waals surface area contributed by atoms with Gasteiger partial charge in [-0.3, -0.25) is 4.90 Å². The van der Waals surface area contributed by atoms with Gasteiger partial charge in [0.25, 0.3) is 0 Å². The number of benzene rings is 1. The van der Waals surface area contributed by atoms with Gasteiger partial charge in [-0.05, 0) is 25.3 Å². The minimum absolute atomic E-state index is 0.907. The topological polar surface area (TPSA) is 7.60 Å². The molecule has 0 spiro atoms. The van der Waals surface area contributed by atoms with Gasteiger partial charge in [-0.2, -0.15) is 0 Å². The van der Waals surface area contributed by atoms with E-state index in [1.165, 1.54) is 11.1 Å². The Morgan fingerprint density at radius 2 is 1.88 bits per heavy atom. The quantitative estimate of drug-likeness (QED) is 0.701. The lowest BCUT2D eigenvalue weighted by atomic mass is 10.0. The third-order valence-electron chi connectivity index (χ3n) is 3.39. The summed E-state index contributed by atoms with van der Waals surface area (Å²) in [7, 11) is 0. The van der Waals surface area contributed by atoms with Crippen LogP contribution >= 0.6 is 0 Å². The summed E-state index contributed by atoms with van der Waals surface area (Å²) in [4.78, 5) is 6.00. The van der Waals surface area contributed by atoms with Crippen LogP contribution in [0.3, 0.4) is 0 Å². The zero-order chi connectivity index (χ0) is 12.1. The molecule has 1 fully saturated rings. The molecule has 1 aromatic rings. The molecule has 0 radical (unpaired) electrons. The van der Waals surface area contributed by atoms with Crippen molar-refractivity contribution in [2.75, 3.05) is 13.1 Å². The monoisotopic (exact) mass is 226 g/mol. The van der Waals surface area contributed by atoms with Gasteiger partial charge in [0.1, 0.15) is 0 Å². The lowest BCUT2D eigenvalue weighted by Crippen LogP contribution is -2.30. The van der Waals surface area contributed by atoms with Crippen LogP contribution in [0, 0.1) is 6.57 Å². The van der Waals surface area contributed by atoms with E-state index >= 15 is 0 Å². The molecule has 0 unspecified atom stereocenters. The molecule has 0 amide bonds. The Morgan fingerprint density at radius 1 is 1.24 bits per heavy atom. The maximum atomic E-state index is 7.03. The number of piperidine rings is 1. The SMILES string of the molecule is [C-]#[N+]C(C)=C1CCN(Cc2ccccc2)CC1. The molecule has 1 aromatic carbocycles. The largest absolute Gasteiger partial charge is 0.299 e. The van der Waals surface area contributed by atoms with Crippen molar-refractivity contribution >= 4 is 0 Å². The summed E-state index contributed by atoms with van der Waals surface area (Å²) in [5.41, 5.74) is 3.63. The highest BCUT2D eigenvalue weighted by Crippen LogP contribution is 2.21. The number of allylic oxidation sites excluding steroid dienone is 1. The molecule has 2 nitrogen and oxygen atoms in total. The first-order chi connectivity index (χ1) is 8.29. The third-order valence-corrected chi connectivity index (χ3v) is 3.39. The van der Waals surface area contributed by atoms with E-state index in [9.17, 15) is 0 Å². The van der Waals surface area contributed by atoms with Crippen molar-refractivity contribution in [1.82, 2.24) is 4.90 Å². The van der Waals surface area contributed by atoms with E-state index in [0.29, 0.717) is 0 Å². The van der Waals surface area contributed by atoms with Gasteiger partial charge >= 0.3 is 0 Å². The predicted molar refractivity (Wildman–Crippen MR) is 70.3 cm³/mol. The zero-order valence-electron chi connectivity index (χ0n) is 10.3. The Balaban J connectivity index is 1.91. The van der Waals surface area contributed by atoms with Crippen LogP contribution in [0.15, 0.2) is 41.6 Å². The van der Waals surface area contributed by atoms with E-state index in [4.69, 9.17) is 6.57 Å². The van der Waals surface area contributed by atoms with E-state index in [0.717, 1.165) is 38.2 Å². The maximum Gasteiger partial charge on any atom is 0.161 e. The highest BCUT2D eigenvalue weighted by atomic mass is 15.1. The van der Waals surface area contributed by atoms with E-state index in [-0.39, 0.29) is 0 Å². The Hall–Kier alpha value is -1.59. The molecule has 2 heteroatoms. The summed E-state index contributed by atoms with van der Waals surface area (Å²) < 4.78 is 0. The molecule has 1 aliphatic heterocycles. The second-order valence-corrected chi connectivity index (χ2v) is 4.56. The predicted octanol–water partition coefficient (Wildman–Crippen LogP) is 3.48. The molecule has 1 saturated heterocycles. The smallest absolute Gasteiger partial charge is 0.161 e. The van der Waals surface area contributed by atoms with Gasteiger partial charge in [0.15, 0.2) is 5.70 Å². The van der Waals surface area contributed by atoms with Crippen molar-refractivity contribution in [3.8, 4) is 0 Å². The van der Waals surface area contributed by atoms with Gasteiger partial charge in [0.2, 0.25) is 0 Å². The van der Waals surface area contributed by atoms with Gasteiger partial charge in [0, 0.05) is 19.6 Å². The zero-order valence-corrected chi connectivity index (χ0v) is 10.3. The van der Waals surface area contributed by atoms with Crippen LogP contribution in [0.4, 0.5) is 0 Å². The van der Waals surface area contributed by atoms with Crippen LogP contribution in [0.5, 0.6) is 0 Å². The Kier molecular flexibility index (Phi) is 3.95. The number of hydrogen-bond donors (Lipinski definition) is 0. The standard InChI is InChI=1S/C15H18N2/c1-13(16-2)15-8-10-17(11-9-15)12-14-6-4-3-5-7-14/h3-7H,8-12H2,1H3. The number of likely N-dealkylation sites (tertiary alicyclic amines) is 1. The number of nitrogens with zero attached hydrogens (tertiary/aromatic N) is 2. The maximum absolute atomic E-state index is 7.03. The van der Waals surface area contributed by atoms with E-state index < -0.39 is 0 Å². The van der Waals surface area contributed by atoms with Gasteiger partial charge in [-0.25, -0.2) is 4.85 Å². The van der Waals surface area contributed by atoms with Crippen molar-refractivity contribution in [2.24, 2.45) is 0 Å². The lowest BCUT2D eigenvalue weighted by Gasteiger charge is -2.28. The molecule has 88 valence electrons. The van der Waals surface area contributed by atoms with Crippen molar-refractivity contribution in [2.45, 2.75) is 26.3 Å². The molecule has 0 bridgehead atoms. The second-order valence-electron chi connectivity index (χ2n) is 4.56. The molecule has 17 heavy (non-hydrogen) atoms. The van der Waals surface area contributed by atoms with Gasteiger partial charge in [-0.15, -0.1) is 0 Å². The van der Waals surface area contributed by atoms with Gasteiger partial charge < -0.3 is 0 Å². The minimum Gasteiger partial charge on any atom is -0.299 e. The van der Waals surface area contributed by atoms with Crippen molar-refractivity contribution in [3.63, 3.8) is 0 Å². The minimum atomic E-state index is 0.907. The van der Waals surface area contributed by atoms with E-state index in [1.807, 2.05) is 6.92 Å². The normalized spacial score (nSPS) is 16.6. The molecule has 2 rings (SSSR count). The fourth-order valence-electron chi connectivity index (χ4n) is 2.26. The first-order valence-corrected chi connectivity index (χ1v) is 6.12. The van der Waals surface area contributed by atoms with Crippen LogP contribution < -0.4 is 0 Å². The van der Waals surface area contributed by atoms with Crippen LogP contribution in [-0.4, -0.2) is 18.0 Å². The summed E-state index contributed by atoms with van der Waals surface area (Å²) in [6, 6.07) is 10.6. The summed E-state index contributed by atoms with van der Waals surface area (Å²) in [6.45, 7) is 12.2. The second kappa shape index (κ2) is 5.65. The Labute approximate surface area is 103 Å². The van der Waals surface area contributed by atoms with Crippen molar-refractivity contribution in [3.05, 3.63) is 58.6 Å². The fraction of sp³-hybridized carbons (Fsp3) is 0.400. The molecule has 0 N–H and O–H groups in total. The van der Waals surface area contributed by atoms with Gasteiger partial charge in [-0.1, -0.05) is 35.9 Å². The highest BCUT2D eigenvalue weighted by molar-refractivity contribution is 5.20. The first kappa shape index (κ1) is 11.9. The molecule has 1 heterocycles. The molecule has 0 atom stereocenters. The van der Waals surface area contributed by atoms with Crippen molar-refractivity contribution in [1.29, 1.82) is 0 Å². The summed E-state index contributed by atoms with van der Waals surface area (Å²) >= 11 is 0. The van der Waals surface area contributed by atoms with Crippen LogP contribution in [0.25, 0.3) is 4.85 Å². The first-order valence-electron chi connectivity index (χ1n) is 6.12. The molecular formula is C15H18N2. The molecule has 0 aliphatic carbocycles. The molecule has 1 aliphatic rings. The van der Waals surface area contributed by atoms with Crippen LogP contribution in [-0.2, 0) is 6.54 Å². The Bertz CT molecular complexity index is 430. The average molecular weight is 226 g/mol. The molecule has 0 aromatic heterocycles. The molecular weight excluding hydrogens is 208 g/mol. The summed E-state index contributed by atoms with van der Waals surface area (Å²) in [5.74, 6) is 0. The third kappa shape index (κ3) is 3.18. The van der Waals surface area contributed by atoms with E-state index in [2.05, 4.69) is 40.1 Å². The van der Waals surface area contributed by atoms with Gasteiger partial charge in [0.05, 0.1) is 6.57 Å². The van der Waals surface area contributed by atoms with Crippen LogP contribution in [0.1, 0.15) is 25.3 Å².